The van der Waals surface area contributed by atoms with Gasteiger partial charge in [-0.1, -0.05) is 6.58 Å². The van der Waals surface area contributed by atoms with Crippen LogP contribution < -0.4 is 4.74 Å². The minimum atomic E-state index is -0.483. The summed E-state index contributed by atoms with van der Waals surface area (Å²) in [5.74, 6) is 0.431. The molecule has 0 amide bonds. The number of benzene rings is 1. The smallest absolute Gasteiger partial charge is 0.273 e. The second-order valence-electron chi connectivity index (χ2n) is 2.35. The predicted molar refractivity (Wildman–Crippen MR) is 47.6 cm³/mol. The van der Waals surface area contributed by atoms with Gasteiger partial charge in [0.2, 0.25) is 0 Å². The Kier molecular flexibility index (Phi) is 2.64. The first-order chi connectivity index (χ1) is 6.17. The molecule has 0 aliphatic carbocycles. The number of ether oxygens (including phenoxy) is 1. The van der Waals surface area contributed by atoms with Gasteiger partial charge in [-0.2, -0.15) is 0 Å². The van der Waals surface area contributed by atoms with Crippen LogP contribution >= 0.6 is 0 Å². The number of non-ortho nitro benzene ring substituents is 1. The summed E-state index contributed by atoms with van der Waals surface area (Å²) in [4.78, 5) is 9.96. The Labute approximate surface area is 75.6 Å². The molecule has 0 bridgehead atoms. The Balaban J connectivity index is 3.22. The molecule has 67 valence electrons. The third kappa shape index (κ3) is 2.05. The molecule has 0 N–H and O–H groups in total. The zero-order valence-electron chi connectivity index (χ0n) is 7.11. The van der Waals surface area contributed by atoms with E-state index in [1.165, 1.54) is 19.2 Å². The number of rotatable bonds is 3. The van der Waals surface area contributed by atoms with Crippen LogP contribution in [0.4, 0.5) is 5.69 Å². The fraction of sp³-hybridized carbons (Fsp3) is 0.111. The summed E-state index contributed by atoms with van der Waals surface area (Å²) < 4.78 is 4.88. The van der Waals surface area contributed by atoms with Crippen molar-refractivity contribution in [1.29, 1.82) is 0 Å². The number of methoxy groups -OCH3 is 1. The Morgan fingerprint density at radius 1 is 1.54 bits per heavy atom. The molecule has 4 nitrogen and oxygen atoms in total. The highest BCUT2D eigenvalue weighted by Crippen LogP contribution is 2.22. The molecule has 1 radical (unpaired) electrons. The summed E-state index contributed by atoms with van der Waals surface area (Å²) in [5.41, 5.74) is 0.525. The average Bonchev–Trinajstić information content (AvgIpc) is 2.16. The normalized spacial score (nSPS) is 9.31. The van der Waals surface area contributed by atoms with E-state index in [-0.39, 0.29) is 5.69 Å². The molecule has 0 aliphatic heterocycles. The van der Waals surface area contributed by atoms with Gasteiger partial charge in [0.15, 0.2) is 0 Å². The summed E-state index contributed by atoms with van der Waals surface area (Å²) >= 11 is 0. The molecule has 0 atom stereocenters. The minimum Gasteiger partial charge on any atom is -0.496 e. The fourth-order valence-electron chi connectivity index (χ4n) is 0.909. The fourth-order valence-corrected chi connectivity index (χ4v) is 0.909. The molecule has 13 heavy (non-hydrogen) atoms. The Bertz CT molecular complexity index is 347. The number of hydrogen-bond donors (Lipinski definition) is 0. The first kappa shape index (κ1) is 9.25. The van der Waals surface area contributed by atoms with Gasteiger partial charge >= 0.3 is 0 Å². The molecule has 0 heterocycles. The highest BCUT2D eigenvalue weighted by molar-refractivity contribution is 5.44. The van der Waals surface area contributed by atoms with Gasteiger partial charge in [0.05, 0.1) is 18.1 Å². The molecule has 1 aromatic carbocycles. The number of nitro benzene ring substituents is 1. The van der Waals surface area contributed by atoms with E-state index in [4.69, 9.17) is 4.74 Å². The van der Waals surface area contributed by atoms with Crippen LogP contribution in [0, 0.1) is 16.2 Å². The van der Waals surface area contributed by atoms with Crippen molar-refractivity contribution in [3.05, 3.63) is 46.5 Å². The zero-order valence-corrected chi connectivity index (χ0v) is 7.11. The lowest BCUT2D eigenvalue weighted by Gasteiger charge is -2.00. The summed E-state index contributed by atoms with van der Waals surface area (Å²) in [7, 11) is 1.45. The van der Waals surface area contributed by atoms with Crippen LogP contribution in [0.3, 0.4) is 0 Å². The van der Waals surface area contributed by atoms with Crippen molar-refractivity contribution >= 4 is 5.69 Å². The maximum atomic E-state index is 10.4. The molecule has 0 fully saturated rings. The lowest BCUT2D eigenvalue weighted by molar-refractivity contribution is -0.385. The molecular formula is C9H8NO3. The SMILES string of the molecule is C=[C]c1cc(OC)cc([N+](=O)[O-])c1. The monoisotopic (exact) mass is 178 g/mol. The predicted octanol–water partition coefficient (Wildman–Crippen LogP) is 1.94. The molecule has 0 spiro atoms. The van der Waals surface area contributed by atoms with Crippen molar-refractivity contribution in [2.45, 2.75) is 0 Å². The molecule has 0 unspecified atom stereocenters. The van der Waals surface area contributed by atoms with Gasteiger partial charge in [0, 0.05) is 6.07 Å². The highest BCUT2D eigenvalue weighted by Gasteiger charge is 2.08. The molecular weight excluding hydrogens is 170 g/mol. The largest absolute Gasteiger partial charge is 0.496 e. The maximum Gasteiger partial charge on any atom is 0.273 e. The molecule has 0 saturated heterocycles. The molecule has 0 saturated carbocycles. The summed E-state index contributed by atoms with van der Waals surface area (Å²) in [6.45, 7) is 3.40. The van der Waals surface area contributed by atoms with E-state index in [0.717, 1.165) is 0 Å². The lowest BCUT2D eigenvalue weighted by atomic mass is 10.2. The van der Waals surface area contributed by atoms with Gasteiger partial charge in [-0.3, -0.25) is 10.1 Å². The van der Waals surface area contributed by atoms with Crippen molar-refractivity contribution in [2.75, 3.05) is 7.11 Å². The van der Waals surface area contributed by atoms with Crippen molar-refractivity contribution in [1.82, 2.24) is 0 Å². The number of nitrogens with zero attached hydrogens (tertiary/aromatic N) is 1. The van der Waals surface area contributed by atoms with Gasteiger partial charge in [0.1, 0.15) is 5.75 Å². The van der Waals surface area contributed by atoms with Crippen LogP contribution in [0.15, 0.2) is 24.8 Å². The summed E-state index contributed by atoms with van der Waals surface area (Å²) in [6, 6.07) is 4.36. The molecule has 4 heteroatoms. The van der Waals surface area contributed by atoms with Gasteiger partial charge in [-0.25, -0.2) is 0 Å². The van der Waals surface area contributed by atoms with E-state index in [0.29, 0.717) is 11.3 Å². The Hall–Kier alpha value is -1.84. The highest BCUT2D eigenvalue weighted by atomic mass is 16.6. The second kappa shape index (κ2) is 3.71. The van der Waals surface area contributed by atoms with Crippen molar-refractivity contribution in [2.24, 2.45) is 0 Å². The topological polar surface area (TPSA) is 52.4 Å². The maximum absolute atomic E-state index is 10.4. The van der Waals surface area contributed by atoms with Gasteiger partial charge < -0.3 is 4.74 Å². The van der Waals surface area contributed by atoms with Gasteiger partial charge in [-0.15, -0.1) is 0 Å². The van der Waals surface area contributed by atoms with Gasteiger partial charge in [0.25, 0.3) is 5.69 Å². The van der Waals surface area contributed by atoms with Crippen molar-refractivity contribution < 1.29 is 9.66 Å². The van der Waals surface area contributed by atoms with Crippen molar-refractivity contribution in [3.8, 4) is 5.75 Å². The standard InChI is InChI=1S/C9H8NO3/c1-3-7-4-8(10(11)12)6-9(5-7)13-2/h4-6H,1H2,2H3. The number of nitro groups is 1. The summed E-state index contributed by atoms with van der Waals surface area (Å²) in [6.07, 6.45) is 2.56. The minimum absolute atomic E-state index is 0.0227. The van der Waals surface area contributed by atoms with Crippen LogP contribution in [0.1, 0.15) is 5.56 Å². The van der Waals surface area contributed by atoms with E-state index >= 15 is 0 Å². The van der Waals surface area contributed by atoms with E-state index in [1.807, 2.05) is 0 Å². The second-order valence-corrected chi connectivity index (χ2v) is 2.35. The van der Waals surface area contributed by atoms with Crippen molar-refractivity contribution in [3.63, 3.8) is 0 Å². The molecule has 0 aromatic heterocycles. The molecule has 1 rings (SSSR count). The third-order valence-corrected chi connectivity index (χ3v) is 1.54. The Morgan fingerprint density at radius 3 is 2.69 bits per heavy atom. The zero-order chi connectivity index (χ0) is 9.84. The van der Waals surface area contributed by atoms with Gasteiger partial charge in [-0.05, 0) is 17.7 Å². The van der Waals surface area contributed by atoms with E-state index in [1.54, 1.807) is 6.07 Å². The van der Waals surface area contributed by atoms with E-state index in [9.17, 15) is 10.1 Å². The molecule has 1 aromatic rings. The van der Waals surface area contributed by atoms with E-state index < -0.39 is 4.92 Å². The third-order valence-electron chi connectivity index (χ3n) is 1.54. The molecule has 0 aliphatic rings. The van der Waals surface area contributed by atoms with Crippen LogP contribution in [0.2, 0.25) is 0 Å². The Morgan fingerprint density at radius 2 is 2.23 bits per heavy atom. The lowest BCUT2D eigenvalue weighted by Crippen LogP contribution is -1.91. The van der Waals surface area contributed by atoms with Crippen LogP contribution in [-0.2, 0) is 0 Å². The van der Waals surface area contributed by atoms with E-state index in [2.05, 4.69) is 12.7 Å². The first-order valence-corrected chi connectivity index (χ1v) is 3.54. The van der Waals surface area contributed by atoms with Crippen LogP contribution in [0.5, 0.6) is 5.75 Å². The summed E-state index contributed by atoms with van der Waals surface area (Å²) in [5, 5.41) is 10.4. The first-order valence-electron chi connectivity index (χ1n) is 3.54. The quantitative estimate of drug-likeness (QED) is 0.525. The number of hydrogen-bond acceptors (Lipinski definition) is 3. The average molecular weight is 178 g/mol. The van der Waals surface area contributed by atoms with Crippen LogP contribution in [-0.4, -0.2) is 12.0 Å². The van der Waals surface area contributed by atoms with Crippen LogP contribution in [0.25, 0.3) is 0 Å².